The summed E-state index contributed by atoms with van der Waals surface area (Å²) in [6.45, 7) is 0. The summed E-state index contributed by atoms with van der Waals surface area (Å²) in [5.74, 6) is -0.929. The van der Waals surface area contributed by atoms with Gasteiger partial charge in [-0.1, -0.05) is 12.1 Å². The van der Waals surface area contributed by atoms with Crippen molar-refractivity contribution >= 4 is 5.97 Å². The van der Waals surface area contributed by atoms with Gasteiger partial charge in [0.15, 0.2) is 0 Å². The van der Waals surface area contributed by atoms with Crippen LogP contribution in [0.1, 0.15) is 23.6 Å². The van der Waals surface area contributed by atoms with E-state index in [0.717, 1.165) is 5.56 Å². The Kier molecular flexibility index (Phi) is 3.21. The van der Waals surface area contributed by atoms with Crippen LogP contribution in [0, 0.1) is 11.3 Å². The van der Waals surface area contributed by atoms with E-state index in [9.17, 15) is 4.79 Å². The summed E-state index contributed by atoms with van der Waals surface area (Å²) < 4.78 is 0. The van der Waals surface area contributed by atoms with Crippen LogP contribution in [-0.4, -0.2) is 11.1 Å². The summed E-state index contributed by atoms with van der Waals surface area (Å²) in [5.41, 5.74) is 6.89. The van der Waals surface area contributed by atoms with Crippen LogP contribution in [-0.2, 0) is 4.79 Å². The average Bonchev–Trinajstić information content (AvgIpc) is 2.17. The molecule has 1 aromatic carbocycles. The Morgan fingerprint density at radius 2 is 2.07 bits per heavy atom. The largest absolute Gasteiger partial charge is 0.481 e. The molecule has 1 rings (SSSR count). The first-order valence-electron chi connectivity index (χ1n) is 4.11. The zero-order valence-corrected chi connectivity index (χ0v) is 7.47. The molecular weight excluding hydrogens is 180 g/mol. The van der Waals surface area contributed by atoms with Crippen molar-refractivity contribution in [1.82, 2.24) is 0 Å². The second kappa shape index (κ2) is 4.40. The minimum Gasteiger partial charge on any atom is -0.481 e. The van der Waals surface area contributed by atoms with E-state index in [-0.39, 0.29) is 6.42 Å². The smallest absolute Gasteiger partial charge is 0.305 e. The van der Waals surface area contributed by atoms with Crippen molar-refractivity contribution in [1.29, 1.82) is 5.26 Å². The molecule has 3 N–H and O–H groups in total. The first kappa shape index (κ1) is 10.2. The second-order valence-corrected chi connectivity index (χ2v) is 2.94. The molecular formula is C10H10N2O2. The van der Waals surface area contributed by atoms with Crippen LogP contribution in [0.2, 0.25) is 0 Å². The minimum atomic E-state index is -0.929. The van der Waals surface area contributed by atoms with Crippen molar-refractivity contribution in [3.63, 3.8) is 0 Å². The van der Waals surface area contributed by atoms with Crippen LogP contribution >= 0.6 is 0 Å². The van der Waals surface area contributed by atoms with Gasteiger partial charge >= 0.3 is 5.97 Å². The first-order chi connectivity index (χ1) is 6.63. The number of nitrogens with zero attached hydrogens (tertiary/aromatic N) is 1. The number of nitriles is 1. The van der Waals surface area contributed by atoms with E-state index in [1.165, 1.54) is 0 Å². The number of carbonyl (C=O) groups is 1. The molecule has 0 aliphatic heterocycles. The van der Waals surface area contributed by atoms with Gasteiger partial charge in [0.25, 0.3) is 0 Å². The Labute approximate surface area is 81.6 Å². The SMILES string of the molecule is N#Cc1ccc([C@@H](N)CC(=O)O)cc1. The highest BCUT2D eigenvalue weighted by molar-refractivity contribution is 5.67. The molecule has 0 aliphatic rings. The molecule has 1 aromatic rings. The van der Waals surface area contributed by atoms with Crippen molar-refractivity contribution < 1.29 is 9.90 Å². The van der Waals surface area contributed by atoms with E-state index in [1.807, 2.05) is 6.07 Å². The van der Waals surface area contributed by atoms with Gasteiger partial charge in [-0.05, 0) is 17.7 Å². The number of benzene rings is 1. The number of nitrogens with two attached hydrogens (primary N) is 1. The Hall–Kier alpha value is -1.86. The van der Waals surface area contributed by atoms with Gasteiger partial charge in [0, 0.05) is 6.04 Å². The van der Waals surface area contributed by atoms with Gasteiger partial charge < -0.3 is 10.8 Å². The third-order valence-corrected chi connectivity index (χ3v) is 1.86. The molecule has 0 unspecified atom stereocenters. The molecule has 14 heavy (non-hydrogen) atoms. The standard InChI is InChI=1S/C10H10N2O2/c11-6-7-1-3-8(4-2-7)9(12)5-10(13)14/h1-4,9H,5,12H2,(H,13,14)/t9-/m0/s1. The molecule has 0 fully saturated rings. The normalized spacial score (nSPS) is 11.7. The summed E-state index contributed by atoms with van der Waals surface area (Å²) in [4.78, 5) is 10.4. The topological polar surface area (TPSA) is 87.1 Å². The third-order valence-electron chi connectivity index (χ3n) is 1.86. The Balaban J connectivity index is 2.77. The summed E-state index contributed by atoms with van der Waals surface area (Å²) >= 11 is 0. The number of hydrogen-bond acceptors (Lipinski definition) is 3. The van der Waals surface area contributed by atoms with E-state index in [1.54, 1.807) is 24.3 Å². The minimum absolute atomic E-state index is 0.105. The molecule has 4 heteroatoms. The van der Waals surface area contributed by atoms with Gasteiger partial charge in [0.1, 0.15) is 0 Å². The van der Waals surface area contributed by atoms with Crippen LogP contribution in [0.15, 0.2) is 24.3 Å². The van der Waals surface area contributed by atoms with Crippen molar-refractivity contribution in [3.8, 4) is 6.07 Å². The van der Waals surface area contributed by atoms with E-state index >= 15 is 0 Å². The fourth-order valence-electron chi connectivity index (χ4n) is 1.11. The summed E-state index contributed by atoms with van der Waals surface area (Å²) in [7, 11) is 0. The number of hydrogen-bond donors (Lipinski definition) is 2. The highest BCUT2D eigenvalue weighted by Gasteiger charge is 2.09. The van der Waals surface area contributed by atoms with Gasteiger partial charge in [0.05, 0.1) is 18.1 Å². The highest BCUT2D eigenvalue weighted by Crippen LogP contribution is 2.14. The number of carboxylic acid groups (broad SMARTS) is 1. The van der Waals surface area contributed by atoms with E-state index in [0.29, 0.717) is 5.56 Å². The molecule has 0 spiro atoms. The molecule has 0 radical (unpaired) electrons. The van der Waals surface area contributed by atoms with Crippen LogP contribution in [0.3, 0.4) is 0 Å². The van der Waals surface area contributed by atoms with Crippen LogP contribution in [0.5, 0.6) is 0 Å². The number of carboxylic acids is 1. The highest BCUT2D eigenvalue weighted by atomic mass is 16.4. The molecule has 0 amide bonds. The molecule has 0 bridgehead atoms. The van der Waals surface area contributed by atoms with E-state index < -0.39 is 12.0 Å². The fourth-order valence-corrected chi connectivity index (χ4v) is 1.11. The summed E-state index contributed by atoms with van der Waals surface area (Å²) in [6.07, 6.45) is -0.105. The molecule has 0 saturated heterocycles. The summed E-state index contributed by atoms with van der Waals surface area (Å²) in [6, 6.07) is 8.05. The average molecular weight is 190 g/mol. The number of aliphatic carboxylic acids is 1. The van der Waals surface area contributed by atoms with Crippen LogP contribution in [0.4, 0.5) is 0 Å². The predicted octanol–water partition coefficient (Wildman–Crippen LogP) is 1.03. The van der Waals surface area contributed by atoms with Crippen LogP contribution < -0.4 is 5.73 Å². The lowest BCUT2D eigenvalue weighted by atomic mass is 10.0. The fraction of sp³-hybridized carbons (Fsp3) is 0.200. The van der Waals surface area contributed by atoms with Crippen molar-refractivity contribution in [3.05, 3.63) is 35.4 Å². The lowest BCUT2D eigenvalue weighted by Crippen LogP contribution is -2.14. The van der Waals surface area contributed by atoms with Gasteiger partial charge in [0.2, 0.25) is 0 Å². The molecule has 0 saturated carbocycles. The zero-order valence-electron chi connectivity index (χ0n) is 7.47. The first-order valence-corrected chi connectivity index (χ1v) is 4.11. The molecule has 0 heterocycles. The molecule has 0 aromatic heterocycles. The lowest BCUT2D eigenvalue weighted by molar-refractivity contribution is -0.137. The quantitative estimate of drug-likeness (QED) is 0.745. The maximum atomic E-state index is 10.4. The third kappa shape index (κ3) is 2.57. The van der Waals surface area contributed by atoms with Crippen molar-refractivity contribution in [2.24, 2.45) is 5.73 Å². The Morgan fingerprint density at radius 1 is 1.50 bits per heavy atom. The predicted molar refractivity (Wildman–Crippen MR) is 50.3 cm³/mol. The van der Waals surface area contributed by atoms with Crippen LogP contribution in [0.25, 0.3) is 0 Å². The van der Waals surface area contributed by atoms with Gasteiger partial charge in [-0.15, -0.1) is 0 Å². The maximum Gasteiger partial charge on any atom is 0.305 e. The number of rotatable bonds is 3. The van der Waals surface area contributed by atoms with Gasteiger partial charge in [-0.25, -0.2) is 0 Å². The molecule has 0 aliphatic carbocycles. The molecule has 4 nitrogen and oxygen atoms in total. The second-order valence-electron chi connectivity index (χ2n) is 2.94. The zero-order chi connectivity index (χ0) is 10.6. The van der Waals surface area contributed by atoms with Crippen molar-refractivity contribution in [2.75, 3.05) is 0 Å². The Morgan fingerprint density at radius 3 is 2.50 bits per heavy atom. The van der Waals surface area contributed by atoms with E-state index in [2.05, 4.69) is 0 Å². The molecule has 72 valence electrons. The van der Waals surface area contributed by atoms with Crippen molar-refractivity contribution in [2.45, 2.75) is 12.5 Å². The Bertz CT molecular complexity index is 365. The summed E-state index contributed by atoms with van der Waals surface area (Å²) in [5, 5.41) is 17.1. The van der Waals surface area contributed by atoms with Gasteiger partial charge in [-0.3, -0.25) is 4.79 Å². The molecule has 1 atom stereocenters. The monoisotopic (exact) mass is 190 g/mol. The lowest BCUT2D eigenvalue weighted by Gasteiger charge is -2.08. The maximum absolute atomic E-state index is 10.4. The van der Waals surface area contributed by atoms with E-state index in [4.69, 9.17) is 16.1 Å². The van der Waals surface area contributed by atoms with Gasteiger partial charge in [-0.2, -0.15) is 5.26 Å².